The summed E-state index contributed by atoms with van der Waals surface area (Å²) >= 11 is 0. The van der Waals surface area contributed by atoms with Crippen LogP contribution in [0.25, 0.3) is 0 Å². The van der Waals surface area contributed by atoms with Crippen LogP contribution in [0.4, 0.5) is 0 Å². The van der Waals surface area contributed by atoms with Gasteiger partial charge in [0.05, 0.1) is 7.11 Å². The van der Waals surface area contributed by atoms with Crippen molar-refractivity contribution in [2.24, 2.45) is 5.92 Å². The van der Waals surface area contributed by atoms with Crippen molar-refractivity contribution in [3.63, 3.8) is 0 Å². The Bertz CT molecular complexity index is 353. The monoisotopic (exact) mass is 286 g/mol. The highest BCUT2D eigenvalue weighted by Crippen LogP contribution is 2.14. The number of esters is 1. The fraction of sp³-hybridized carbons (Fsp3) is 0.769. The van der Waals surface area contributed by atoms with Gasteiger partial charge in [0.1, 0.15) is 6.04 Å². The van der Waals surface area contributed by atoms with Crippen LogP contribution < -0.4 is 10.6 Å². The Morgan fingerprint density at radius 1 is 1.45 bits per heavy atom. The maximum Gasteiger partial charge on any atom is 0.326 e. The Kier molecular flexibility index (Phi) is 7.00. The molecule has 7 heteroatoms. The van der Waals surface area contributed by atoms with Gasteiger partial charge in [-0.3, -0.25) is 9.59 Å². The molecule has 1 fully saturated rings. The van der Waals surface area contributed by atoms with Crippen LogP contribution in [0.3, 0.4) is 0 Å². The van der Waals surface area contributed by atoms with Crippen LogP contribution in [-0.4, -0.2) is 49.2 Å². The van der Waals surface area contributed by atoms with E-state index in [-0.39, 0.29) is 24.7 Å². The molecule has 3 N–H and O–H groups in total. The van der Waals surface area contributed by atoms with E-state index in [0.29, 0.717) is 6.42 Å². The molecule has 7 nitrogen and oxygen atoms in total. The first-order chi connectivity index (χ1) is 9.52. The van der Waals surface area contributed by atoms with Gasteiger partial charge in [-0.05, 0) is 38.3 Å². The van der Waals surface area contributed by atoms with Crippen molar-refractivity contribution in [2.75, 3.05) is 20.2 Å². The predicted octanol–water partition coefficient (Wildman–Crippen LogP) is -0.101. The minimum absolute atomic E-state index is 0.0290. The zero-order valence-corrected chi connectivity index (χ0v) is 11.7. The quantitative estimate of drug-likeness (QED) is 0.564. The van der Waals surface area contributed by atoms with Crippen molar-refractivity contribution in [3.8, 4) is 0 Å². The van der Waals surface area contributed by atoms with Gasteiger partial charge in [0.2, 0.25) is 5.91 Å². The molecule has 1 heterocycles. The van der Waals surface area contributed by atoms with E-state index in [9.17, 15) is 14.4 Å². The lowest BCUT2D eigenvalue weighted by atomic mass is 9.95. The Morgan fingerprint density at radius 3 is 2.75 bits per heavy atom. The largest absolute Gasteiger partial charge is 0.480 e. The number of aliphatic carboxylic acids is 1. The number of carboxylic acids is 1. The number of methoxy groups -OCH3 is 1. The molecular weight excluding hydrogens is 264 g/mol. The first-order valence-electron chi connectivity index (χ1n) is 6.82. The molecule has 1 amide bonds. The van der Waals surface area contributed by atoms with Crippen LogP contribution in [0.5, 0.6) is 0 Å². The fourth-order valence-corrected chi connectivity index (χ4v) is 2.24. The highest BCUT2D eigenvalue weighted by Gasteiger charge is 2.23. The smallest absolute Gasteiger partial charge is 0.326 e. The highest BCUT2D eigenvalue weighted by molar-refractivity contribution is 5.84. The summed E-state index contributed by atoms with van der Waals surface area (Å²) in [7, 11) is 1.24. The van der Waals surface area contributed by atoms with Crippen molar-refractivity contribution >= 4 is 17.8 Å². The standard InChI is InChI=1S/C13H22N2O5/c1-20-12(17)5-4-10(13(18)19)15-11(16)7-9-3-2-6-14-8-9/h9-10,14H,2-8H2,1H3,(H,15,16)(H,18,19)/t9?,10-/m0/s1. The maximum absolute atomic E-state index is 11.8. The first-order valence-corrected chi connectivity index (χ1v) is 6.82. The van der Waals surface area contributed by atoms with E-state index in [2.05, 4.69) is 15.4 Å². The van der Waals surface area contributed by atoms with Gasteiger partial charge < -0.3 is 20.5 Å². The molecule has 1 aliphatic heterocycles. The first kappa shape index (κ1) is 16.4. The van der Waals surface area contributed by atoms with Gasteiger partial charge >= 0.3 is 11.9 Å². The maximum atomic E-state index is 11.8. The summed E-state index contributed by atoms with van der Waals surface area (Å²) in [5.74, 6) is -1.65. The predicted molar refractivity (Wildman–Crippen MR) is 71.0 cm³/mol. The molecule has 0 aromatic rings. The van der Waals surface area contributed by atoms with Crippen molar-refractivity contribution in [1.29, 1.82) is 0 Å². The summed E-state index contributed by atoms with van der Waals surface area (Å²) in [6.07, 6.45) is 2.33. The molecule has 1 saturated heterocycles. The Labute approximate surface area is 118 Å². The average molecular weight is 286 g/mol. The molecule has 0 spiro atoms. The molecule has 114 valence electrons. The van der Waals surface area contributed by atoms with Crippen LogP contribution in [0.2, 0.25) is 0 Å². The number of rotatable bonds is 7. The number of amides is 1. The second kappa shape index (κ2) is 8.52. The molecule has 1 rings (SSSR count). The topological polar surface area (TPSA) is 105 Å². The summed E-state index contributed by atoms with van der Waals surface area (Å²) in [5, 5.41) is 14.7. The van der Waals surface area contributed by atoms with E-state index in [1.54, 1.807) is 0 Å². The minimum Gasteiger partial charge on any atom is -0.480 e. The van der Waals surface area contributed by atoms with Crippen LogP contribution in [-0.2, 0) is 19.1 Å². The third-order valence-electron chi connectivity index (χ3n) is 3.37. The summed E-state index contributed by atoms with van der Waals surface area (Å²) in [6, 6.07) is -1.04. The van der Waals surface area contributed by atoms with E-state index >= 15 is 0 Å². The van der Waals surface area contributed by atoms with E-state index in [4.69, 9.17) is 5.11 Å². The number of piperidine rings is 1. The van der Waals surface area contributed by atoms with Gasteiger partial charge in [-0.15, -0.1) is 0 Å². The normalized spacial score (nSPS) is 19.9. The molecule has 1 unspecified atom stereocenters. The van der Waals surface area contributed by atoms with Gasteiger partial charge in [-0.2, -0.15) is 0 Å². The lowest BCUT2D eigenvalue weighted by Gasteiger charge is -2.23. The number of carbonyl (C=O) groups is 3. The molecule has 0 radical (unpaired) electrons. The zero-order valence-electron chi connectivity index (χ0n) is 11.7. The number of hydrogen-bond donors (Lipinski definition) is 3. The van der Waals surface area contributed by atoms with Crippen molar-refractivity contribution in [3.05, 3.63) is 0 Å². The summed E-state index contributed by atoms with van der Waals surface area (Å²) in [5.41, 5.74) is 0. The van der Waals surface area contributed by atoms with Crippen molar-refractivity contribution < 1.29 is 24.2 Å². The lowest BCUT2D eigenvalue weighted by Crippen LogP contribution is -2.43. The van der Waals surface area contributed by atoms with Crippen molar-refractivity contribution in [1.82, 2.24) is 10.6 Å². The Balaban J connectivity index is 2.37. The van der Waals surface area contributed by atoms with Gasteiger partial charge in [0, 0.05) is 12.8 Å². The number of carboxylic acid groups (broad SMARTS) is 1. The van der Waals surface area contributed by atoms with Gasteiger partial charge in [-0.25, -0.2) is 4.79 Å². The average Bonchev–Trinajstić information content (AvgIpc) is 2.43. The van der Waals surface area contributed by atoms with Crippen LogP contribution in [0, 0.1) is 5.92 Å². The van der Waals surface area contributed by atoms with E-state index in [1.165, 1.54) is 7.11 Å². The van der Waals surface area contributed by atoms with E-state index in [1.807, 2.05) is 0 Å². The van der Waals surface area contributed by atoms with E-state index < -0.39 is 18.0 Å². The zero-order chi connectivity index (χ0) is 15.0. The third-order valence-corrected chi connectivity index (χ3v) is 3.37. The second-order valence-electron chi connectivity index (χ2n) is 4.99. The van der Waals surface area contributed by atoms with Gasteiger partial charge in [-0.1, -0.05) is 0 Å². The molecule has 20 heavy (non-hydrogen) atoms. The van der Waals surface area contributed by atoms with Crippen LogP contribution >= 0.6 is 0 Å². The number of ether oxygens (including phenoxy) is 1. The molecule has 0 aliphatic carbocycles. The molecule has 0 bridgehead atoms. The summed E-state index contributed by atoms with van der Waals surface area (Å²) < 4.78 is 4.45. The van der Waals surface area contributed by atoms with Crippen LogP contribution in [0.1, 0.15) is 32.1 Å². The third kappa shape index (κ3) is 6.01. The molecule has 1 aliphatic rings. The molecule has 0 aromatic carbocycles. The Morgan fingerprint density at radius 2 is 2.20 bits per heavy atom. The minimum atomic E-state index is -1.14. The lowest BCUT2D eigenvalue weighted by molar-refractivity contribution is -0.144. The van der Waals surface area contributed by atoms with Crippen LogP contribution in [0.15, 0.2) is 0 Å². The number of carbonyl (C=O) groups excluding carboxylic acids is 2. The van der Waals surface area contributed by atoms with Gasteiger partial charge in [0.15, 0.2) is 0 Å². The molecule has 0 aromatic heterocycles. The fourth-order valence-electron chi connectivity index (χ4n) is 2.24. The SMILES string of the molecule is COC(=O)CC[C@H](NC(=O)CC1CCCNC1)C(=O)O. The number of hydrogen-bond acceptors (Lipinski definition) is 5. The highest BCUT2D eigenvalue weighted by atomic mass is 16.5. The summed E-state index contributed by atoms with van der Waals surface area (Å²) in [6.45, 7) is 1.75. The molecule has 0 saturated carbocycles. The molecule has 2 atom stereocenters. The van der Waals surface area contributed by atoms with Crippen molar-refractivity contribution in [2.45, 2.75) is 38.1 Å². The second-order valence-corrected chi connectivity index (χ2v) is 4.99. The molecular formula is C13H22N2O5. The van der Waals surface area contributed by atoms with Gasteiger partial charge in [0.25, 0.3) is 0 Å². The summed E-state index contributed by atoms with van der Waals surface area (Å²) in [4.78, 5) is 33.9. The van der Waals surface area contributed by atoms with E-state index in [0.717, 1.165) is 25.9 Å². The Hall–Kier alpha value is -1.63. The number of nitrogens with one attached hydrogen (secondary N) is 2.